The standard InChI is InChI=1S/C30H28O6/c1-19(31)35-23-14-11-20(12-15-23)18-30(28(32)24-9-5-6-10-25(24)29(30)33)21-13-16-26(34-2)27(17-21)36-22-7-3-4-8-22/h5-6,9-17,22H,3-4,7-8,18H2,1-2H3. The SMILES string of the molecule is COc1ccc(C2(Cc3ccc(OC(C)=O)cc3)C(=O)c3ccccc3C2=O)cc1OC1CCCC1. The summed E-state index contributed by atoms with van der Waals surface area (Å²) in [6.07, 6.45) is 4.42. The van der Waals surface area contributed by atoms with Gasteiger partial charge in [0, 0.05) is 18.1 Å². The maximum absolute atomic E-state index is 14.0. The second kappa shape index (κ2) is 9.61. The Balaban J connectivity index is 1.60. The van der Waals surface area contributed by atoms with Crippen molar-refractivity contribution in [1.29, 1.82) is 0 Å². The summed E-state index contributed by atoms with van der Waals surface area (Å²) in [6.45, 7) is 1.34. The van der Waals surface area contributed by atoms with Crippen LogP contribution >= 0.6 is 0 Å². The van der Waals surface area contributed by atoms with E-state index in [1.165, 1.54) is 6.92 Å². The molecule has 0 amide bonds. The number of hydrogen-bond donors (Lipinski definition) is 0. The zero-order valence-electron chi connectivity index (χ0n) is 20.4. The first kappa shape index (κ1) is 23.8. The highest BCUT2D eigenvalue weighted by molar-refractivity contribution is 6.33. The summed E-state index contributed by atoms with van der Waals surface area (Å²) in [5.41, 5.74) is 0.759. The van der Waals surface area contributed by atoms with E-state index in [2.05, 4.69) is 0 Å². The van der Waals surface area contributed by atoms with E-state index in [1.54, 1.807) is 73.8 Å². The van der Waals surface area contributed by atoms with Crippen molar-refractivity contribution in [3.05, 3.63) is 89.0 Å². The second-order valence-corrected chi connectivity index (χ2v) is 9.41. The number of esters is 1. The smallest absolute Gasteiger partial charge is 0.308 e. The molecule has 0 heterocycles. The number of rotatable bonds is 7. The molecule has 0 bridgehead atoms. The zero-order chi connectivity index (χ0) is 25.3. The van der Waals surface area contributed by atoms with E-state index >= 15 is 0 Å². The van der Waals surface area contributed by atoms with Gasteiger partial charge in [-0.2, -0.15) is 0 Å². The van der Waals surface area contributed by atoms with Crippen LogP contribution in [0.1, 0.15) is 64.4 Å². The molecule has 6 nitrogen and oxygen atoms in total. The lowest BCUT2D eigenvalue weighted by molar-refractivity contribution is -0.131. The van der Waals surface area contributed by atoms with Gasteiger partial charge in [-0.1, -0.05) is 42.5 Å². The molecule has 0 spiro atoms. The number of fused-ring (bicyclic) bond motifs is 1. The summed E-state index contributed by atoms with van der Waals surface area (Å²) in [4.78, 5) is 39.3. The van der Waals surface area contributed by atoms with E-state index in [-0.39, 0.29) is 24.1 Å². The van der Waals surface area contributed by atoms with Gasteiger partial charge in [-0.15, -0.1) is 0 Å². The number of hydrogen-bond acceptors (Lipinski definition) is 6. The minimum atomic E-state index is -1.44. The molecule has 0 saturated heterocycles. The number of Topliss-reactive ketones (excluding diaryl/α,β-unsaturated/α-hetero) is 2. The van der Waals surface area contributed by atoms with Crippen LogP contribution in [0.15, 0.2) is 66.7 Å². The van der Waals surface area contributed by atoms with Crippen molar-refractivity contribution < 1.29 is 28.6 Å². The highest BCUT2D eigenvalue weighted by Gasteiger charge is 2.54. The van der Waals surface area contributed by atoms with Crippen molar-refractivity contribution in [2.45, 2.75) is 50.5 Å². The molecule has 3 aromatic rings. The lowest BCUT2D eigenvalue weighted by Gasteiger charge is -2.28. The summed E-state index contributed by atoms with van der Waals surface area (Å²) in [5.74, 6) is 0.645. The highest BCUT2D eigenvalue weighted by Crippen LogP contribution is 2.45. The Kier molecular flexibility index (Phi) is 6.35. The second-order valence-electron chi connectivity index (χ2n) is 9.41. The fourth-order valence-electron chi connectivity index (χ4n) is 5.33. The van der Waals surface area contributed by atoms with Gasteiger partial charge < -0.3 is 14.2 Å². The monoisotopic (exact) mass is 484 g/mol. The van der Waals surface area contributed by atoms with Crippen LogP contribution in [0.4, 0.5) is 0 Å². The molecule has 0 aromatic heterocycles. The van der Waals surface area contributed by atoms with Crippen molar-refractivity contribution in [1.82, 2.24) is 0 Å². The predicted octanol–water partition coefficient (Wildman–Crippen LogP) is 5.50. The van der Waals surface area contributed by atoms with Gasteiger partial charge in [0.1, 0.15) is 11.2 Å². The fraction of sp³-hybridized carbons (Fsp3) is 0.300. The van der Waals surface area contributed by atoms with E-state index in [4.69, 9.17) is 14.2 Å². The Morgan fingerprint density at radius 1 is 0.889 bits per heavy atom. The van der Waals surface area contributed by atoms with Gasteiger partial charge in [0.2, 0.25) is 0 Å². The maximum Gasteiger partial charge on any atom is 0.308 e. The lowest BCUT2D eigenvalue weighted by Crippen LogP contribution is -2.40. The average molecular weight is 485 g/mol. The van der Waals surface area contributed by atoms with E-state index in [9.17, 15) is 14.4 Å². The van der Waals surface area contributed by atoms with Gasteiger partial charge in [-0.25, -0.2) is 0 Å². The van der Waals surface area contributed by atoms with Crippen molar-refractivity contribution in [2.75, 3.05) is 7.11 Å². The molecule has 3 aromatic carbocycles. The van der Waals surface area contributed by atoms with Gasteiger partial charge in [0.05, 0.1) is 13.2 Å². The Morgan fingerprint density at radius 2 is 1.53 bits per heavy atom. The van der Waals surface area contributed by atoms with E-state index in [1.807, 2.05) is 0 Å². The van der Waals surface area contributed by atoms with Crippen molar-refractivity contribution in [3.63, 3.8) is 0 Å². The fourth-order valence-corrected chi connectivity index (χ4v) is 5.33. The highest BCUT2D eigenvalue weighted by atomic mass is 16.5. The van der Waals surface area contributed by atoms with E-state index in [0.717, 1.165) is 31.2 Å². The quantitative estimate of drug-likeness (QED) is 0.250. The molecule has 1 saturated carbocycles. The van der Waals surface area contributed by atoms with Crippen LogP contribution in [-0.2, 0) is 16.6 Å². The Labute approximate surface area is 210 Å². The predicted molar refractivity (Wildman–Crippen MR) is 134 cm³/mol. The first-order valence-corrected chi connectivity index (χ1v) is 12.2. The van der Waals surface area contributed by atoms with Crippen LogP contribution < -0.4 is 14.2 Å². The third-order valence-electron chi connectivity index (χ3n) is 7.10. The van der Waals surface area contributed by atoms with Gasteiger partial charge >= 0.3 is 5.97 Å². The van der Waals surface area contributed by atoms with Crippen molar-refractivity contribution in [3.8, 4) is 17.2 Å². The van der Waals surface area contributed by atoms with Crippen LogP contribution in [-0.4, -0.2) is 30.7 Å². The van der Waals surface area contributed by atoms with Crippen LogP contribution in [0.5, 0.6) is 17.2 Å². The molecule has 184 valence electrons. The molecule has 2 aliphatic rings. The van der Waals surface area contributed by atoms with E-state index in [0.29, 0.717) is 33.9 Å². The van der Waals surface area contributed by atoms with Crippen LogP contribution in [0.3, 0.4) is 0 Å². The number of carbonyl (C=O) groups excluding carboxylic acids is 3. The van der Waals surface area contributed by atoms with Crippen LogP contribution in [0.2, 0.25) is 0 Å². The molecule has 1 fully saturated rings. The topological polar surface area (TPSA) is 78.9 Å². The van der Waals surface area contributed by atoms with Crippen LogP contribution in [0, 0.1) is 0 Å². The molecule has 0 unspecified atom stereocenters. The van der Waals surface area contributed by atoms with Gasteiger partial charge in [-0.3, -0.25) is 14.4 Å². The van der Waals surface area contributed by atoms with E-state index < -0.39 is 11.4 Å². The number of methoxy groups -OCH3 is 1. The molecule has 0 aliphatic heterocycles. The number of carbonyl (C=O) groups is 3. The molecular weight excluding hydrogens is 456 g/mol. The molecule has 36 heavy (non-hydrogen) atoms. The molecule has 0 radical (unpaired) electrons. The molecule has 5 rings (SSSR count). The van der Waals surface area contributed by atoms with Gasteiger partial charge in [-0.05, 0) is 67.5 Å². The Morgan fingerprint density at radius 3 is 2.11 bits per heavy atom. The normalized spacial score (nSPS) is 16.6. The van der Waals surface area contributed by atoms with Gasteiger partial charge in [0.15, 0.2) is 23.1 Å². The third-order valence-corrected chi connectivity index (χ3v) is 7.10. The Hall–Kier alpha value is -3.93. The van der Waals surface area contributed by atoms with Crippen molar-refractivity contribution in [2.24, 2.45) is 0 Å². The molecule has 6 heteroatoms. The zero-order valence-corrected chi connectivity index (χ0v) is 20.4. The number of ketones is 2. The molecule has 0 atom stereocenters. The number of benzene rings is 3. The Bertz CT molecular complexity index is 1280. The molecule has 2 aliphatic carbocycles. The first-order valence-electron chi connectivity index (χ1n) is 12.2. The first-order chi connectivity index (χ1) is 17.4. The third kappa shape index (κ3) is 4.17. The average Bonchev–Trinajstić information content (AvgIpc) is 3.47. The summed E-state index contributed by atoms with van der Waals surface area (Å²) in [6, 6.07) is 19.2. The largest absolute Gasteiger partial charge is 0.493 e. The van der Waals surface area contributed by atoms with Crippen molar-refractivity contribution >= 4 is 17.5 Å². The summed E-state index contributed by atoms with van der Waals surface area (Å²) in [7, 11) is 1.58. The minimum Gasteiger partial charge on any atom is -0.493 e. The van der Waals surface area contributed by atoms with Crippen LogP contribution in [0.25, 0.3) is 0 Å². The summed E-state index contributed by atoms with van der Waals surface area (Å²) in [5, 5.41) is 0. The molecular formula is C30H28O6. The lowest BCUT2D eigenvalue weighted by atomic mass is 9.71. The summed E-state index contributed by atoms with van der Waals surface area (Å²) >= 11 is 0. The van der Waals surface area contributed by atoms with Gasteiger partial charge in [0.25, 0.3) is 0 Å². The maximum atomic E-state index is 14.0. The molecule has 0 N–H and O–H groups in total. The summed E-state index contributed by atoms with van der Waals surface area (Å²) < 4.78 is 17.0. The number of ether oxygens (including phenoxy) is 3. The minimum absolute atomic E-state index is 0.0890.